The Hall–Kier alpha value is -3.84. The zero-order chi connectivity index (χ0) is 24.7. The second-order valence-electron chi connectivity index (χ2n) is 9.04. The van der Waals surface area contributed by atoms with Gasteiger partial charge in [-0.1, -0.05) is 29.8 Å². The second-order valence-corrected chi connectivity index (χ2v) is 9.48. The van der Waals surface area contributed by atoms with Crippen LogP contribution in [0.15, 0.2) is 71.3 Å². The molecule has 0 spiro atoms. The van der Waals surface area contributed by atoms with Gasteiger partial charge in [0.05, 0.1) is 12.8 Å². The molecular weight excluding hydrogens is 464 g/mol. The largest absolute Gasteiger partial charge is 0.463 e. The maximum Gasteiger partial charge on any atom is 0.277 e. The van der Waals surface area contributed by atoms with E-state index in [2.05, 4.69) is 10.4 Å². The maximum atomic E-state index is 13.9. The third kappa shape index (κ3) is 4.12. The highest BCUT2D eigenvalue weighted by Gasteiger charge is 2.49. The number of anilines is 1. The van der Waals surface area contributed by atoms with Crippen LogP contribution in [-0.2, 0) is 17.9 Å². The van der Waals surface area contributed by atoms with Crippen molar-refractivity contribution in [2.45, 2.75) is 39.4 Å². The lowest BCUT2D eigenvalue weighted by Gasteiger charge is -2.43. The summed E-state index contributed by atoms with van der Waals surface area (Å²) in [5.41, 5.74) is 3.44. The molecule has 7 nitrogen and oxygen atoms in total. The van der Waals surface area contributed by atoms with E-state index in [0.29, 0.717) is 34.4 Å². The Morgan fingerprint density at radius 1 is 1.11 bits per heavy atom. The van der Waals surface area contributed by atoms with Crippen molar-refractivity contribution in [3.8, 4) is 11.5 Å². The van der Waals surface area contributed by atoms with Crippen molar-refractivity contribution < 1.29 is 14.0 Å². The number of furan rings is 1. The number of carbonyl (C=O) groups is 2. The van der Waals surface area contributed by atoms with Gasteiger partial charge >= 0.3 is 0 Å². The molecule has 0 saturated heterocycles. The van der Waals surface area contributed by atoms with Gasteiger partial charge in [0.25, 0.3) is 5.91 Å². The van der Waals surface area contributed by atoms with Crippen molar-refractivity contribution in [1.29, 1.82) is 0 Å². The summed E-state index contributed by atoms with van der Waals surface area (Å²) in [6.45, 7) is 6.27. The average Bonchev–Trinajstić information content (AvgIpc) is 3.51. The number of aromatic nitrogens is 2. The number of carbonyl (C=O) groups excluding carboxylic acids is 2. The highest BCUT2D eigenvalue weighted by molar-refractivity contribution is 6.30. The molecule has 2 aromatic heterocycles. The summed E-state index contributed by atoms with van der Waals surface area (Å²) in [6.07, 6.45) is 1.56. The molecule has 3 heterocycles. The van der Waals surface area contributed by atoms with Crippen LogP contribution < -0.4 is 10.2 Å². The van der Waals surface area contributed by atoms with Crippen molar-refractivity contribution in [3.63, 3.8) is 0 Å². The fourth-order valence-electron chi connectivity index (χ4n) is 4.37. The predicted molar refractivity (Wildman–Crippen MR) is 134 cm³/mol. The number of amides is 2. The van der Waals surface area contributed by atoms with Gasteiger partial charge in [0, 0.05) is 23.3 Å². The molecule has 35 heavy (non-hydrogen) atoms. The first-order chi connectivity index (χ1) is 16.8. The fraction of sp³-hybridized carbons (Fsp3) is 0.222. The molecule has 2 amide bonds. The van der Waals surface area contributed by atoms with Crippen LogP contribution in [0.2, 0.25) is 5.02 Å². The van der Waals surface area contributed by atoms with Crippen LogP contribution >= 0.6 is 11.6 Å². The standard InChI is InChI=1S/C27H25ClN4O3/c1-17-6-11-21(13-18(17)2)32-25(33)23-14-22(24-5-4-12-35-24)30-31(23)16-27(32,3)26(34)29-15-19-7-9-20(28)10-8-19/h4-14H,15-16H2,1-3H3,(H,29,34)/t27-/m1/s1. The summed E-state index contributed by atoms with van der Waals surface area (Å²) in [7, 11) is 0. The van der Waals surface area contributed by atoms with Crippen LogP contribution in [0.25, 0.3) is 11.5 Å². The molecule has 1 aliphatic rings. The number of aryl methyl sites for hydroxylation is 2. The van der Waals surface area contributed by atoms with E-state index in [1.54, 1.807) is 53.1 Å². The van der Waals surface area contributed by atoms with Gasteiger partial charge < -0.3 is 9.73 Å². The summed E-state index contributed by atoms with van der Waals surface area (Å²) in [5, 5.41) is 8.22. The predicted octanol–water partition coefficient (Wildman–Crippen LogP) is 5.15. The third-order valence-electron chi connectivity index (χ3n) is 6.53. The number of nitrogens with zero attached hydrogens (tertiary/aromatic N) is 3. The molecule has 8 heteroatoms. The first-order valence-electron chi connectivity index (χ1n) is 11.3. The monoisotopic (exact) mass is 488 g/mol. The molecule has 0 saturated carbocycles. The first kappa shape index (κ1) is 22.9. The van der Waals surface area contributed by atoms with Gasteiger partial charge in [-0.15, -0.1) is 0 Å². The molecule has 2 aromatic carbocycles. The quantitative estimate of drug-likeness (QED) is 0.421. The minimum atomic E-state index is -1.22. The van der Waals surface area contributed by atoms with Gasteiger partial charge in [0.2, 0.25) is 5.91 Å². The normalized spacial score (nSPS) is 17.4. The highest BCUT2D eigenvalue weighted by atomic mass is 35.5. The zero-order valence-corrected chi connectivity index (χ0v) is 20.5. The van der Waals surface area contributed by atoms with Crippen molar-refractivity contribution in [1.82, 2.24) is 15.1 Å². The fourth-order valence-corrected chi connectivity index (χ4v) is 4.50. The van der Waals surface area contributed by atoms with Crippen LogP contribution in [0.4, 0.5) is 5.69 Å². The van der Waals surface area contributed by atoms with Gasteiger partial charge in [-0.3, -0.25) is 19.2 Å². The van der Waals surface area contributed by atoms with Crippen LogP contribution in [0, 0.1) is 13.8 Å². The molecule has 0 fully saturated rings. The highest BCUT2D eigenvalue weighted by Crippen LogP contribution is 2.35. The van der Waals surface area contributed by atoms with Gasteiger partial charge in [0.15, 0.2) is 5.76 Å². The summed E-state index contributed by atoms with van der Waals surface area (Å²) in [6, 6.07) is 18.3. The molecule has 0 bridgehead atoms. The Morgan fingerprint density at radius 2 is 1.89 bits per heavy atom. The first-order valence-corrected chi connectivity index (χ1v) is 11.7. The molecular formula is C27H25ClN4O3. The Bertz CT molecular complexity index is 1410. The molecule has 0 unspecified atom stereocenters. The van der Waals surface area contributed by atoms with Gasteiger partial charge in [-0.2, -0.15) is 5.10 Å². The lowest BCUT2D eigenvalue weighted by molar-refractivity contribution is -0.126. The third-order valence-corrected chi connectivity index (χ3v) is 6.78. The number of rotatable bonds is 5. The van der Waals surface area contributed by atoms with E-state index in [9.17, 15) is 9.59 Å². The van der Waals surface area contributed by atoms with Crippen molar-refractivity contribution in [3.05, 3.63) is 94.3 Å². The van der Waals surface area contributed by atoms with E-state index in [-0.39, 0.29) is 18.4 Å². The van der Waals surface area contributed by atoms with Crippen LogP contribution in [-0.4, -0.2) is 27.1 Å². The number of hydrogen-bond donors (Lipinski definition) is 1. The van der Waals surface area contributed by atoms with E-state index in [1.165, 1.54) is 0 Å². The number of nitrogens with one attached hydrogen (secondary N) is 1. The van der Waals surface area contributed by atoms with Crippen LogP contribution in [0.3, 0.4) is 0 Å². The Morgan fingerprint density at radius 3 is 2.57 bits per heavy atom. The molecule has 4 aromatic rings. The second kappa shape index (κ2) is 8.74. The number of halogens is 1. The summed E-state index contributed by atoms with van der Waals surface area (Å²) >= 11 is 5.98. The van der Waals surface area contributed by atoms with Crippen LogP contribution in [0.1, 0.15) is 34.1 Å². The Kier molecular flexibility index (Phi) is 5.73. The van der Waals surface area contributed by atoms with E-state index in [0.717, 1.165) is 16.7 Å². The Labute approximate surface area is 208 Å². The van der Waals surface area contributed by atoms with E-state index >= 15 is 0 Å². The molecule has 178 valence electrons. The summed E-state index contributed by atoms with van der Waals surface area (Å²) in [4.78, 5) is 29.1. The smallest absolute Gasteiger partial charge is 0.277 e. The summed E-state index contributed by atoms with van der Waals surface area (Å²) < 4.78 is 7.08. The molecule has 0 aliphatic carbocycles. The number of hydrogen-bond acceptors (Lipinski definition) is 4. The van der Waals surface area contributed by atoms with Crippen molar-refractivity contribution >= 4 is 29.1 Å². The number of benzene rings is 2. The average molecular weight is 489 g/mol. The zero-order valence-electron chi connectivity index (χ0n) is 19.7. The Balaban J connectivity index is 1.54. The van der Waals surface area contributed by atoms with E-state index in [1.807, 2.05) is 44.2 Å². The van der Waals surface area contributed by atoms with Crippen LogP contribution in [0.5, 0.6) is 0 Å². The van der Waals surface area contributed by atoms with Gasteiger partial charge in [-0.05, 0) is 73.9 Å². The van der Waals surface area contributed by atoms with Gasteiger partial charge in [0.1, 0.15) is 16.9 Å². The van der Waals surface area contributed by atoms with E-state index in [4.69, 9.17) is 16.0 Å². The molecule has 1 aliphatic heterocycles. The lowest BCUT2D eigenvalue weighted by atomic mass is 9.93. The van der Waals surface area contributed by atoms with Crippen molar-refractivity contribution in [2.24, 2.45) is 0 Å². The maximum absolute atomic E-state index is 13.9. The van der Waals surface area contributed by atoms with E-state index < -0.39 is 5.54 Å². The summed E-state index contributed by atoms with van der Waals surface area (Å²) in [5.74, 6) is -0.0139. The molecule has 5 rings (SSSR count). The lowest BCUT2D eigenvalue weighted by Crippen LogP contribution is -2.64. The SMILES string of the molecule is Cc1ccc(N2C(=O)c3cc(-c4ccco4)nn3C[C@]2(C)C(=O)NCc2ccc(Cl)cc2)cc1C. The minimum absolute atomic E-state index is 0.189. The molecule has 1 atom stereocenters. The van der Waals surface area contributed by atoms with Gasteiger partial charge in [-0.25, -0.2) is 0 Å². The topological polar surface area (TPSA) is 80.4 Å². The molecule has 0 radical (unpaired) electrons. The number of fused-ring (bicyclic) bond motifs is 1. The minimum Gasteiger partial charge on any atom is -0.463 e. The van der Waals surface area contributed by atoms with Crippen molar-refractivity contribution in [2.75, 3.05) is 4.90 Å². The molecule has 1 N–H and O–H groups in total.